The molecule has 4 N–H and O–H groups in total. The SMILES string of the molecule is COc1cc(CCC(C)(N)COP(=O)(O)O)ccc1OCCCCc1ccccc1. The number of phosphoric acid groups is 1. The van der Waals surface area contributed by atoms with Crippen LogP contribution in [0.4, 0.5) is 0 Å². The predicted molar refractivity (Wildman–Crippen MR) is 117 cm³/mol. The molecule has 0 aliphatic rings. The average molecular weight is 437 g/mol. The second-order valence-electron chi connectivity index (χ2n) is 7.69. The molecule has 0 fully saturated rings. The molecule has 0 aliphatic carbocycles. The molecule has 0 aliphatic heterocycles. The highest BCUT2D eigenvalue weighted by atomic mass is 31.2. The molecule has 166 valence electrons. The standard InChI is InChI=1S/C22H32NO6P/c1-22(23,17-29-30(24,25)26)14-13-19-11-12-20(21(16-19)27-2)28-15-7-6-10-18-8-4-3-5-9-18/h3-5,8-9,11-12,16H,6-7,10,13-15,17,23H2,1-2H3,(H2,24,25,26). The largest absolute Gasteiger partial charge is 0.493 e. The van der Waals surface area contributed by atoms with Crippen LogP contribution in [-0.2, 0) is 21.9 Å². The van der Waals surface area contributed by atoms with Gasteiger partial charge in [-0.05, 0) is 62.3 Å². The van der Waals surface area contributed by atoms with E-state index in [1.165, 1.54) is 5.56 Å². The van der Waals surface area contributed by atoms with Gasteiger partial charge in [0, 0.05) is 5.54 Å². The molecular weight excluding hydrogens is 405 g/mol. The number of hydrogen-bond donors (Lipinski definition) is 3. The summed E-state index contributed by atoms with van der Waals surface area (Å²) in [6, 6.07) is 16.1. The molecule has 0 saturated heterocycles. The van der Waals surface area contributed by atoms with E-state index in [0.717, 1.165) is 24.8 Å². The highest BCUT2D eigenvalue weighted by Crippen LogP contribution is 2.37. The summed E-state index contributed by atoms with van der Waals surface area (Å²) in [4.78, 5) is 17.7. The molecule has 8 heteroatoms. The maximum absolute atomic E-state index is 10.9. The van der Waals surface area contributed by atoms with Crippen molar-refractivity contribution in [1.82, 2.24) is 0 Å². The Kier molecular flexibility index (Phi) is 9.34. The molecule has 0 radical (unpaired) electrons. The van der Waals surface area contributed by atoms with Crippen molar-refractivity contribution in [3.63, 3.8) is 0 Å². The van der Waals surface area contributed by atoms with Crippen molar-refractivity contribution in [3.8, 4) is 11.5 Å². The zero-order chi connectivity index (χ0) is 22.0. The molecule has 0 heterocycles. The van der Waals surface area contributed by atoms with Gasteiger partial charge in [-0.15, -0.1) is 0 Å². The van der Waals surface area contributed by atoms with Gasteiger partial charge in [0.15, 0.2) is 11.5 Å². The van der Waals surface area contributed by atoms with E-state index in [0.29, 0.717) is 30.9 Å². The Labute approximate surface area is 178 Å². The van der Waals surface area contributed by atoms with Crippen LogP contribution in [0.25, 0.3) is 0 Å². The van der Waals surface area contributed by atoms with Crippen LogP contribution in [0.1, 0.15) is 37.3 Å². The lowest BCUT2D eigenvalue weighted by Crippen LogP contribution is -2.41. The van der Waals surface area contributed by atoms with Crippen LogP contribution in [0.5, 0.6) is 11.5 Å². The van der Waals surface area contributed by atoms with Crippen molar-refractivity contribution < 1.29 is 28.3 Å². The first-order valence-electron chi connectivity index (χ1n) is 10.0. The van der Waals surface area contributed by atoms with E-state index in [-0.39, 0.29) is 6.61 Å². The van der Waals surface area contributed by atoms with Gasteiger partial charge in [0.2, 0.25) is 0 Å². The van der Waals surface area contributed by atoms with E-state index in [9.17, 15) is 4.57 Å². The Morgan fingerprint density at radius 1 is 1.00 bits per heavy atom. The first-order chi connectivity index (χ1) is 14.2. The van der Waals surface area contributed by atoms with Crippen molar-refractivity contribution >= 4 is 7.82 Å². The number of methoxy groups -OCH3 is 1. The van der Waals surface area contributed by atoms with E-state index in [4.69, 9.17) is 25.0 Å². The minimum Gasteiger partial charge on any atom is -0.493 e. The second-order valence-corrected chi connectivity index (χ2v) is 8.93. The van der Waals surface area contributed by atoms with Crippen LogP contribution in [0.15, 0.2) is 48.5 Å². The van der Waals surface area contributed by atoms with Crippen molar-refractivity contribution in [2.45, 2.75) is 44.6 Å². The highest BCUT2D eigenvalue weighted by Gasteiger charge is 2.24. The van der Waals surface area contributed by atoms with Crippen LogP contribution in [0.3, 0.4) is 0 Å². The topological polar surface area (TPSA) is 111 Å². The first-order valence-corrected chi connectivity index (χ1v) is 11.5. The summed E-state index contributed by atoms with van der Waals surface area (Å²) in [5.41, 5.74) is 7.55. The summed E-state index contributed by atoms with van der Waals surface area (Å²) in [6.07, 6.45) is 4.14. The van der Waals surface area contributed by atoms with Crippen LogP contribution in [0, 0.1) is 0 Å². The molecular formula is C22H32NO6P. The summed E-state index contributed by atoms with van der Waals surface area (Å²) in [6.45, 7) is 2.09. The summed E-state index contributed by atoms with van der Waals surface area (Å²) in [5.74, 6) is 1.35. The number of benzene rings is 2. The van der Waals surface area contributed by atoms with Gasteiger partial charge in [-0.3, -0.25) is 4.52 Å². The first kappa shape index (κ1) is 24.4. The molecule has 2 rings (SSSR count). The van der Waals surface area contributed by atoms with Gasteiger partial charge in [-0.2, -0.15) is 0 Å². The third-order valence-corrected chi connectivity index (χ3v) is 5.20. The smallest absolute Gasteiger partial charge is 0.469 e. The number of aryl methyl sites for hydroxylation is 2. The average Bonchev–Trinajstić information content (AvgIpc) is 2.71. The molecule has 2 aromatic rings. The van der Waals surface area contributed by atoms with Crippen molar-refractivity contribution in [2.75, 3.05) is 20.3 Å². The lowest BCUT2D eigenvalue weighted by atomic mass is 9.95. The number of unbranched alkanes of at least 4 members (excludes halogenated alkanes) is 1. The maximum atomic E-state index is 10.9. The van der Waals surface area contributed by atoms with Gasteiger partial charge in [0.05, 0.1) is 20.3 Å². The van der Waals surface area contributed by atoms with E-state index in [1.807, 2.05) is 24.3 Å². The molecule has 0 aromatic heterocycles. The molecule has 30 heavy (non-hydrogen) atoms. The van der Waals surface area contributed by atoms with Gasteiger partial charge >= 0.3 is 7.82 Å². The van der Waals surface area contributed by atoms with Gasteiger partial charge in [0.25, 0.3) is 0 Å². The maximum Gasteiger partial charge on any atom is 0.469 e. The second kappa shape index (κ2) is 11.5. The summed E-state index contributed by atoms with van der Waals surface area (Å²) < 4.78 is 26.7. The van der Waals surface area contributed by atoms with Gasteiger partial charge in [0.1, 0.15) is 0 Å². The Morgan fingerprint density at radius 3 is 2.40 bits per heavy atom. The van der Waals surface area contributed by atoms with E-state index < -0.39 is 13.4 Å². The number of rotatable bonds is 13. The van der Waals surface area contributed by atoms with E-state index in [1.54, 1.807) is 14.0 Å². The van der Waals surface area contributed by atoms with E-state index in [2.05, 4.69) is 28.8 Å². The van der Waals surface area contributed by atoms with Crippen molar-refractivity contribution in [3.05, 3.63) is 59.7 Å². The number of phosphoric ester groups is 1. The molecule has 0 amide bonds. The zero-order valence-corrected chi connectivity index (χ0v) is 18.5. The molecule has 7 nitrogen and oxygen atoms in total. The normalized spacial score (nSPS) is 13.6. The minimum atomic E-state index is -4.53. The van der Waals surface area contributed by atoms with Crippen molar-refractivity contribution in [1.29, 1.82) is 0 Å². The predicted octanol–water partition coefficient (Wildman–Crippen LogP) is 3.86. The minimum absolute atomic E-state index is 0.224. The Hall–Kier alpha value is -1.89. The third-order valence-electron chi connectivity index (χ3n) is 4.74. The molecule has 0 saturated carbocycles. The van der Waals surface area contributed by atoms with Crippen molar-refractivity contribution in [2.24, 2.45) is 5.73 Å². The lowest BCUT2D eigenvalue weighted by Gasteiger charge is -2.24. The molecule has 1 unspecified atom stereocenters. The van der Waals surface area contributed by atoms with Gasteiger partial charge in [-0.1, -0.05) is 36.4 Å². The summed E-state index contributed by atoms with van der Waals surface area (Å²) in [5, 5.41) is 0. The van der Waals surface area contributed by atoms with Crippen LogP contribution < -0.4 is 15.2 Å². The van der Waals surface area contributed by atoms with Crippen LogP contribution in [0.2, 0.25) is 0 Å². The van der Waals surface area contributed by atoms with Crippen LogP contribution in [-0.4, -0.2) is 35.6 Å². The lowest BCUT2D eigenvalue weighted by molar-refractivity contribution is 0.154. The highest BCUT2D eigenvalue weighted by molar-refractivity contribution is 7.46. The molecule has 0 spiro atoms. The monoisotopic (exact) mass is 437 g/mol. The Morgan fingerprint density at radius 2 is 1.73 bits per heavy atom. The number of hydrogen-bond acceptors (Lipinski definition) is 5. The number of ether oxygens (including phenoxy) is 2. The fourth-order valence-electron chi connectivity index (χ4n) is 2.98. The fraction of sp³-hybridized carbons (Fsp3) is 0.455. The summed E-state index contributed by atoms with van der Waals surface area (Å²) >= 11 is 0. The Balaban J connectivity index is 1.80. The fourth-order valence-corrected chi connectivity index (χ4v) is 3.44. The van der Waals surface area contributed by atoms with Gasteiger partial charge < -0.3 is 25.0 Å². The molecule has 2 aromatic carbocycles. The quantitative estimate of drug-likeness (QED) is 0.322. The van der Waals surface area contributed by atoms with Gasteiger partial charge in [-0.25, -0.2) is 4.57 Å². The molecule has 1 atom stereocenters. The summed E-state index contributed by atoms with van der Waals surface area (Å²) in [7, 11) is -2.93. The zero-order valence-electron chi connectivity index (χ0n) is 17.6. The number of nitrogens with two attached hydrogens (primary N) is 1. The van der Waals surface area contributed by atoms with E-state index >= 15 is 0 Å². The Bertz CT molecular complexity index is 822. The molecule has 0 bridgehead atoms. The van der Waals surface area contributed by atoms with Crippen LogP contribution >= 0.6 is 7.82 Å². The third kappa shape index (κ3) is 9.28.